The number of carbonyl (C=O) groups is 1. The van der Waals surface area contributed by atoms with Crippen molar-refractivity contribution in [3.05, 3.63) is 0 Å². The molecule has 1 heterocycles. The van der Waals surface area contributed by atoms with Crippen molar-refractivity contribution in [2.24, 2.45) is 5.92 Å². The molecule has 1 saturated heterocycles. The van der Waals surface area contributed by atoms with Crippen molar-refractivity contribution in [3.63, 3.8) is 0 Å². The molecular weight excluding hydrogens is 188 g/mol. The van der Waals surface area contributed by atoms with Crippen LogP contribution in [-0.2, 0) is 4.79 Å². The highest BCUT2D eigenvalue weighted by Crippen LogP contribution is 2.29. The number of likely N-dealkylation sites (N-methyl/N-ethyl adjacent to an activating group) is 2. The lowest BCUT2D eigenvalue weighted by Crippen LogP contribution is -2.39. The lowest BCUT2D eigenvalue weighted by atomic mass is 10.2. The molecule has 0 radical (unpaired) electrons. The molecule has 2 aliphatic rings. The Balaban J connectivity index is 1.71. The number of ketones is 1. The first-order valence-electron chi connectivity index (χ1n) is 6.08. The van der Waals surface area contributed by atoms with E-state index in [-0.39, 0.29) is 0 Å². The van der Waals surface area contributed by atoms with E-state index in [0.717, 1.165) is 19.4 Å². The Bertz CT molecular complexity index is 238. The maximum absolute atomic E-state index is 11.6. The van der Waals surface area contributed by atoms with Crippen LogP contribution >= 0.6 is 0 Å². The third-order valence-corrected chi connectivity index (χ3v) is 3.65. The number of hydrogen-bond donors (Lipinski definition) is 0. The van der Waals surface area contributed by atoms with Gasteiger partial charge in [-0.1, -0.05) is 0 Å². The molecular formula is C12H22N2O. The van der Waals surface area contributed by atoms with Gasteiger partial charge in [-0.2, -0.15) is 0 Å². The van der Waals surface area contributed by atoms with Gasteiger partial charge in [0.15, 0.2) is 0 Å². The minimum Gasteiger partial charge on any atom is -0.302 e. The minimum absolute atomic E-state index is 0.411. The van der Waals surface area contributed by atoms with Crippen molar-refractivity contribution >= 4 is 5.78 Å². The van der Waals surface area contributed by atoms with Crippen molar-refractivity contribution < 1.29 is 4.79 Å². The standard InChI is InChI=1S/C12H22N2O/c1-13(9-12(15)10-5-6-10)8-11-4-3-7-14(11)2/h10-11H,3-9H2,1-2H3. The van der Waals surface area contributed by atoms with E-state index in [0.29, 0.717) is 24.3 Å². The molecule has 3 heteroatoms. The van der Waals surface area contributed by atoms with E-state index in [4.69, 9.17) is 0 Å². The second-order valence-corrected chi connectivity index (χ2v) is 5.21. The maximum atomic E-state index is 11.6. The van der Waals surface area contributed by atoms with E-state index in [1.807, 2.05) is 0 Å². The number of Topliss-reactive ketones (excluding diaryl/α,β-unsaturated/α-hetero) is 1. The summed E-state index contributed by atoms with van der Waals surface area (Å²) in [5.41, 5.74) is 0. The van der Waals surface area contributed by atoms with Crippen LogP contribution in [0.25, 0.3) is 0 Å². The summed E-state index contributed by atoms with van der Waals surface area (Å²) in [6.45, 7) is 2.93. The highest BCUT2D eigenvalue weighted by atomic mass is 16.1. The van der Waals surface area contributed by atoms with Gasteiger partial charge in [0.2, 0.25) is 0 Å². The first kappa shape index (κ1) is 11.1. The van der Waals surface area contributed by atoms with Crippen LogP contribution in [0.5, 0.6) is 0 Å². The molecule has 0 aromatic heterocycles. The molecule has 2 fully saturated rings. The fourth-order valence-electron chi connectivity index (χ4n) is 2.43. The van der Waals surface area contributed by atoms with Crippen LogP contribution in [0.3, 0.4) is 0 Å². The number of rotatable bonds is 5. The van der Waals surface area contributed by atoms with Crippen molar-refractivity contribution in [1.82, 2.24) is 9.80 Å². The van der Waals surface area contributed by atoms with E-state index >= 15 is 0 Å². The molecule has 0 aromatic carbocycles. The fraction of sp³-hybridized carbons (Fsp3) is 0.917. The third-order valence-electron chi connectivity index (χ3n) is 3.65. The lowest BCUT2D eigenvalue weighted by Gasteiger charge is -2.25. The zero-order valence-corrected chi connectivity index (χ0v) is 9.91. The summed E-state index contributed by atoms with van der Waals surface area (Å²) in [6.07, 6.45) is 4.87. The van der Waals surface area contributed by atoms with Crippen LogP contribution in [0.15, 0.2) is 0 Å². The number of likely N-dealkylation sites (tertiary alicyclic amines) is 1. The summed E-state index contributed by atoms with van der Waals surface area (Å²) in [6, 6.07) is 0.669. The van der Waals surface area contributed by atoms with Crippen LogP contribution in [0.4, 0.5) is 0 Å². The van der Waals surface area contributed by atoms with Crippen LogP contribution in [-0.4, -0.2) is 55.4 Å². The molecule has 2 rings (SSSR count). The van der Waals surface area contributed by atoms with Crippen LogP contribution in [0.1, 0.15) is 25.7 Å². The Kier molecular flexibility index (Phi) is 3.42. The first-order valence-corrected chi connectivity index (χ1v) is 6.08. The topological polar surface area (TPSA) is 23.6 Å². The van der Waals surface area contributed by atoms with Crippen LogP contribution in [0.2, 0.25) is 0 Å². The largest absolute Gasteiger partial charge is 0.302 e. The SMILES string of the molecule is CN(CC(=O)C1CC1)CC1CCCN1C. The van der Waals surface area contributed by atoms with Gasteiger partial charge in [-0.3, -0.25) is 9.69 Å². The Morgan fingerprint density at radius 3 is 2.67 bits per heavy atom. The number of nitrogens with zero attached hydrogens (tertiary/aromatic N) is 2. The highest BCUT2D eigenvalue weighted by molar-refractivity contribution is 5.84. The van der Waals surface area contributed by atoms with E-state index < -0.39 is 0 Å². The number of carbonyl (C=O) groups excluding carboxylic acids is 1. The molecule has 1 saturated carbocycles. The van der Waals surface area contributed by atoms with Gasteiger partial charge < -0.3 is 4.90 Å². The summed E-state index contributed by atoms with van der Waals surface area (Å²) in [5, 5.41) is 0. The van der Waals surface area contributed by atoms with E-state index in [1.165, 1.54) is 19.4 Å². The van der Waals surface area contributed by atoms with E-state index in [1.54, 1.807) is 0 Å². The molecule has 0 N–H and O–H groups in total. The quantitative estimate of drug-likeness (QED) is 0.676. The highest BCUT2D eigenvalue weighted by Gasteiger charge is 2.30. The van der Waals surface area contributed by atoms with Gasteiger partial charge in [0.05, 0.1) is 6.54 Å². The molecule has 1 aliphatic heterocycles. The van der Waals surface area contributed by atoms with E-state index in [9.17, 15) is 4.79 Å². The van der Waals surface area contributed by atoms with Crippen LogP contribution in [0, 0.1) is 5.92 Å². The Labute approximate surface area is 92.4 Å². The van der Waals surface area contributed by atoms with Gasteiger partial charge in [0.25, 0.3) is 0 Å². The van der Waals surface area contributed by atoms with Gasteiger partial charge in [0, 0.05) is 18.5 Å². The summed E-state index contributed by atoms with van der Waals surface area (Å²) in [4.78, 5) is 16.2. The lowest BCUT2D eigenvalue weighted by molar-refractivity contribution is -0.121. The van der Waals surface area contributed by atoms with Gasteiger partial charge in [0.1, 0.15) is 5.78 Å². The average Bonchev–Trinajstić information content (AvgIpc) is 2.94. The normalized spacial score (nSPS) is 27.5. The van der Waals surface area contributed by atoms with Gasteiger partial charge in [-0.15, -0.1) is 0 Å². The third kappa shape index (κ3) is 3.02. The summed E-state index contributed by atoms with van der Waals surface area (Å²) in [5.74, 6) is 0.868. The fourth-order valence-corrected chi connectivity index (χ4v) is 2.43. The van der Waals surface area contributed by atoms with Crippen LogP contribution < -0.4 is 0 Å². The van der Waals surface area contributed by atoms with Crippen molar-refractivity contribution in [2.45, 2.75) is 31.7 Å². The molecule has 15 heavy (non-hydrogen) atoms. The molecule has 0 spiro atoms. The molecule has 0 bridgehead atoms. The van der Waals surface area contributed by atoms with E-state index in [2.05, 4.69) is 23.9 Å². The summed E-state index contributed by atoms with van der Waals surface area (Å²) < 4.78 is 0. The van der Waals surface area contributed by atoms with Crippen molar-refractivity contribution in [2.75, 3.05) is 33.7 Å². The monoisotopic (exact) mass is 210 g/mol. The Morgan fingerprint density at radius 1 is 1.40 bits per heavy atom. The predicted molar refractivity (Wildman–Crippen MR) is 60.9 cm³/mol. The molecule has 1 aliphatic carbocycles. The molecule has 1 atom stereocenters. The zero-order valence-electron chi connectivity index (χ0n) is 9.91. The smallest absolute Gasteiger partial charge is 0.149 e. The number of hydrogen-bond acceptors (Lipinski definition) is 3. The maximum Gasteiger partial charge on any atom is 0.149 e. The second-order valence-electron chi connectivity index (χ2n) is 5.21. The summed E-state index contributed by atoms with van der Waals surface area (Å²) in [7, 11) is 4.26. The van der Waals surface area contributed by atoms with Crippen molar-refractivity contribution in [1.29, 1.82) is 0 Å². The Morgan fingerprint density at radius 2 is 2.13 bits per heavy atom. The molecule has 86 valence electrons. The summed E-state index contributed by atoms with van der Waals surface area (Å²) >= 11 is 0. The molecule has 1 unspecified atom stereocenters. The van der Waals surface area contributed by atoms with Gasteiger partial charge >= 0.3 is 0 Å². The molecule has 0 aromatic rings. The second kappa shape index (κ2) is 4.62. The minimum atomic E-state index is 0.411. The molecule has 3 nitrogen and oxygen atoms in total. The van der Waals surface area contributed by atoms with Gasteiger partial charge in [-0.25, -0.2) is 0 Å². The van der Waals surface area contributed by atoms with Gasteiger partial charge in [-0.05, 0) is 46.3 Å². The molecule has 0 amide bonds. The average molecular weight is 210 g/mol. The predicted octanol–water partition coefficient (Wildman–Crippen LogP) is 0.991. The first-order chi connectivity index (χ1) is 7.16. The van der Waals surface area contributed by atoms with Crippen molar-refractivity contribution in [3.8, 4) is 0 Å². The Hall–Kier alpha value is -0.410. The zero-order chi connectivity index (χ0) is 10.8.